The Kier molecular flexibility index (Phi) is 8.52. The molecule has 1 amide bonds. The van der Waals surface area contributed by atoms with Crippen LogP contribution in [-0.4, -0.2) is 65.6 Å². The summed E-state index contributed by atoms with van der Waals surface area (Å²) >= 11 is 6.57. The van der Waals surface area contributed by atoms with Gasteiger partial charge in [-0.25, -0.2) is 0 Å². The fourth-order valence-electron chi connectivity index (χ4n) is 6.59. The van der Waals surface area contributed by atoms with E-state index in [1.807, 2.05) is 12.1 Å². The monoisotopic (exact) mass is 572 g/mol. The smallest absolute Gasteiger partial charge is 0.251 e. The number of carbonyl (C=O) groups is 1. The van der Waals surface area contributed by atoms with Gasteiger partial charge in [0.15, 0.2) is 0 Å². The maximum atomic E-state index is 12.7. The van der Waals surface area contributed by atoms with Crippen molar-refractivity contribution in [2.45, 2.75) is 45.3 Å². The first-order valence-electron chi connectivity index (χ1n) is 15.1. The number of carbonyl (C=O) groups excluding carboxylic acids is 1. The lowest BCUT2D eigenvalue weighted by atomic mass is 10.0. The van der Waals surface area contributed by atoms with Crippen molar-refractivity contribution in [3.8, 4) is 5.75 Å². The maximum absolute atomic E-state index is 12.7. The number of benzene rings is 3. The highest BCUT2D eigenvalue weighted by Gasteiger charge is 2.22. The zero-order valence-electron chi connectivity index (χ0n) is 24.2. The molecule has 1 atom stereocenters. The molecular weight excluding hydrogens is 532 g/mol. The number of ether oxygens (including phenoxy) is 1. The van der Waals surface area contributed by atoms with E-state index in [1.165, 1.54) is 40.2 Å². The molecule has 0 aliphatic carbocycles. The van der Waals surface area contributed by atoms with Gasteiger partial charge in [-0.15, -0.1) is 0 Å². The van der Waals surface area contributed by atoms with Crippen molar-refractivity contribution < 1.29 is 9.53 Å². The van der Waals surface area contributed by atoms with Crippen molar-refractivity contribution in [1.29, 1.82) is 0 Å². The molecule has 0 saturated carbocycles. The average molecular weight is 573 g/mol. The van der Waals surface area contributed by atoms with Crippen molar-refractivity contribution in [2.24, 2.45) is 13.0 Å². The molecule has 2 saturated heterocycles. The van der Waals surface area contributed by atoms with E-state index in [0.717, 1.165) is 58.0 Å². The third kappa shape index (κ3) is 6.40. The number of likely N-dealkylation sites (tertiary alicyclic amines) is 2. The highest BCUT2D eigenvalue weighted by atomic mass is 35.5. The van der Waals surface area contributed by atoms with Crippen LogP contribution >= 0.6 is 11.6 Å². The molecule has 1 unspecified atom stereocenters. The molecule has 1 aromatic heterocycles. The first kappa shape index (κ1) is 28.1. The summed E-state index contributed by atoms with van der Waals surface area (Å²) in [7, 11) is 2.14. The fraction of sp³-hybridized carbons (Fsp3) is 0.441. The molecule has 2 aliphatic rings. The largest absolute Gasteiger partial charge is 0.489 e. The van der Waals surface area contributed by atoms with E-state index in [9.17, 15) is 4.79 Å². The van der Waals surface area contributed by atoms with E-state index >= 15 is 0 Å². The predicted molar refractivity (Wildman–Crippen MR) is 168 cm³/mol. The highest BCUT2D eigenvalue weighted by Crippen LogP contribution is 2.31. The number of piperidine rings is 2. The van der Waals surface area contributed by atoms with Crippen molar-refractivity contribution in [3.63, 3.8) is 0 Å². The molecule has 4 aromatic rings. The Morgan fingerprint density at radius 1 is 0.951 bits per heavy atom. The molecule has 1 N–H and O–H groups in total. The van der Waals surface area contributed by atoms with Gasteiger partial charge in [0, 0.05) is 73.7 Å². The van der Waals surface area contributed by atoms with Crippen LogP contribution < -0.4 is 10.1 Å². The van der Waals surface area contributed by atoms with Gasteiger partial charge in [-0.05, 0) is 80.1 Å². The summed E-state index contributed by atoms with van der Waals surface area (Å²) in [6, 6.07) is 20.9. The van der Waals surface area contributed by atoms with Gasteiger partial charge in [0.25, 0.3) is 5.91 Å². The van der Waals surface area contributed by atoms with Gasteiger partial charge < -0.3 is 19.5 Å². The Morgan fingerprint density at radius 3 is 2.56 bits per heavy atom. The van der Waals surface area contributed by atoms with Crippen LogP contribution in [0.25, 0.3) is 21.8 Å². The van der Waals surface area contributed by atoms with Gasteiger partial charge in [0.2, 0.25) is 0 Å². The van der Waals surface area contributed by atoms with Crippen molar-refractivity contribution >= 4 is 39.3 Å². The van der Waals surface area contributed by atoms with E-state index in [1.54, 1.807) is 6.07 Å². The first-order valence-corrected chi connectivity index (χ1v) is 15.5. The second kappa shape index (κ2) is 12.4. The molecule has 3 heterocycles. The van der Waals surface area contributed by atoms with E-state index in [-0.39, 0.29) is 12.0 Å². The summed E-state index contributed by atoms with van der Waals surface area (Å²) in [5.74, 6) is 1.31. The minimum atomic E-state index is -0.0847. The summed E-state index contributed by atoms with van der Waals surface area (Å²) in [6.07, 6.45) is 4.57. The number of fused-ring (bicyclic) bond motifs is 3. The van der Waals surface area contributed by atoms with E-state index in [0.29, 0.717) is 22.9 Å². The summed E-state index contributed by atoms with van der Waals surface area (Å²) in [5.41, 5.74) is 4.46. The normalized spacial score (nSPS) is 19.1. The third-order valence-corrected chi connectivity index (χ3v) is 9.16. The lowest BCUT2D eigenvalue weighted by molar-refractivity contribution is 0.0942. The Bertz CT molecular complexity index is 1520. The standard InChI is InChI=1S/C34H41ClN4O2/c1-24-6-5-16-38(22-24)19-15-36-34(40)26-10-12-33(30(35)21-26)41-27-13-17-39(18-14-27)23-25-9-11-32-29(20-25)28-7-3-4-8-31(28)37(32)2/h3-4,7-12,20-21,24,27H,5-6,13-19,22-23H2,1-2H3,(H,36,40). The topological polar surface area (TPSA) is 49.7 Å². The number of nitrogens with one attached hydrogen (secondary N) is 1. The average Bonchev–Trinajstić information content (AvgIpc) is 3.26. The van der Waals surface area contributed by atoms with Crippen LogP contribution in [0.5, 0.6) is 5.75 Å². The van der Waals surface area contributed by atoms with Crippen molar-refractivity contribution in [2.75, 3.05) is 39.3 Å². The lowest BCUT2D eigenvalue weighted by Crippen LogP contribution is -2.40. The molecule has 0 bridgehead atoms. The minimum Gasteiger partial charge on any atom is -0.489 e. The number of amides is 1. The van der Waals surface area contributed by atoms with Crippen LogP contribution in [0.1, 0.15) is 48.5 Å². The third-order valence-electron chi connectivity index (χ3n) is 8.86. The second-order valence-electron chi connectivity index (χ2n) is 12.0. The summed E-state index contributed by atoms with van der Waals surface area (Å²) in [5, 5.41) is 6.17. The van der Waals surface area contributed by atoms with E-state index in [2.05, 4.69) is 76.1 Å². The molecule has 2 fully saturated rings. The van der Waals surface area contributed by atoms with Crippen LogP contribution in [-0.2, 0) is 13.6 Å². The number of rotatable bonds is 8. The molecule has 2 aliphatic heterocycles. The molecule has 6 rings (SSSR count). The molecule has 41 heavy (non-hydrogen) atoms. The number of aryl methyl sites for hydroxylation is 1. The molecule has 7 heteroatoms. The molecule has 6 nitrogen and oxygen atoms in total. The number of halogens is 1. The second-order valence-corrected chi connectivity index (χ2v) is 12.4. The zero-order chi connectivity index (χ0) is 28.3. The van der Waals surface area contributed by atoms with Crippen molar-refractivity contribution in [1.82, 2.24) is 19.7 Å². The fourth-order valence-corrected chi connectivity index (χ4v) is 6.82. The molecule has 3 aromatic carbocycles. The SMILES string of the molecule is CC1CCCN(CCNC(=O)c2ccc(OC3CCN(Cc4ccc5c(c4)c4ccccc4n5C)CC3)c(Cl)c2)C1. The zero-order valence-corrected chi connectivity index (χ0v) is 25.0. The molecule has 0 spiro atoms. The highest BCUT2D eigenvalue weighted by molar-refractivity contribution is 6.32. The van der Waals surface area contributed by atoms with Gasteiger partial charge in [0.1, 0.15) is 11.9 Å². The van der Waals surface area contributed by atoms with Crippen LogP contribution in [0.4, 0.5) is 0 Å². The van der Waals surface area contributed by atoms with Crippen molar-refractivity contribution in [3.05, 3.63) is 76.8 Å². The lowest BCUT2D eigenvalue weighted by Gasteiger charge is -2.32. The predicted octanol–water partition coefficient (Wildman–Crippen LogP) is 6.49. The number of hydrogen-bond acceptors (Lipinski definition) is 4. The number of hydrogen-bond donors (Lipinski definition) is 1. The summed E-state index contributed by atoms with van der Waals surface area (Å²) in [4.78, 5) is 17.6. The van der Waals surface area contributed by atoms with Gasteiger partial charge in [0.05, 0.1) is 5.02 Å². The van der Waals surface area contributed by atoms with Gasteiger partial charge >= 0.3 is 0 Å². The van der Waals surface area contributed by atoms with Gasteiger partial charge in [-0.2, -0.15) is 0 Å². The molecular formula is C34H41ClN4O2. The van der Waals surface area contributed by atoms with Crippen LogP contribution in [0, 0.1) is 5.92 Å². The van der Waals surface area contributed by atoms with E-state index < -0.39 is 0 Å². The first-order chi connectivity index (χ1) is 19.9. The molecule has 0 radical (unpaired) electrons. The Labute approximate surface area is 248 Å². The number of aromatic nitrogens is 1. The van der Waals surface area contributed by atoms with Crippen LogP contribution in [0.2, 0.25) is 5.02 Å². The Morgan fingerprint density at radius 2 is 1.76 bits per heavy atom. The van der Waals surface area contributed by atoms with Crippen LogP contribution in [0.15, 0.2) is 60.7 Å². The quantitative estimate of drug-likeness (QED) is 0.262. The Hall–Kier alpha value is -3.06. The molecule has 216 valence electrons. The van der Waals surface area contributed by atoms with Crippen LogP contribution in [0.3, 0.4) is 0 Å². The summed E-state index contributed by atoms with van der Waals surface area (Å²) in [6.45, 7) is 8.97. The minimum absolute atomic E-state index is 0.0847. The number of para-hydroxylation sites is 1. The van der Waals surface area contributed by atoms with Gasteiger partial charge in [-0.1, -0.05) is 42.8 Å². The Balaban J connectivity index is 0.989. The van der Waals surface area contributed by atoms with E-state index in [4.69, 9.17) is 16.3 Å². The van der Waals surface area contributed by atoms with Gasteiger partial charge in [-0.3, -0.25) is 9.69 Å². The maximum Gasteiger partial charge on any atom is 0.251 e. The summed E-state index contributed by atoms with van der Waals surface area (Å²) < 4.78 is 8.57. The number of nitrogens with zero attached hydrogens (tertiary/aromatic N) is 3.